The normalized spacial score (nSPS) is 19.1. The fraction of sp³-hybridized carbons (Fsp3) is 0.538. The number of piperazine rings is 1. The van der Waals surface area contributed by atoms with E-state index >= 15 is 0 Å². The van der Waals surface area contributed by atoms with Crippen LogP contribution in [0.5, 0.6) is 0 Å². The van der Waals surface area contributed by atoms with Crippen LogP contribution in [0.25, 0.3) is 0 Å². The molecule has 1 aromatic rings. The number of aliphatic hydroxyl groups excluding tert-OH is 1. The number of hydrogen-bond acceptors (Lipinski definition) is 4. The highest BCUT2D eigenvalue weighted by Crippen LogP contribution is 2.29. The van der Waals surface area contributed by atoms with E-state index in [0.717, 1.165) is 11.3 Å². The van der Waals surface area contributed by atoms with E-state index in [-0.39, 0.29) is 0 Å². The second kappa shape index (κ2) is 5.89. The maximum atomic E-state index is 11.5. The molecule has 5 nitrogen and oxygen atoms in total. The highest BCUT2D eigenvalue weighted by Gasteiger charge is 2.24. The summed E-state index contributed by atoms with van der Waals surface area (Å²) >= 11 is 6.25. The van der Waals surface area contributed by atoms with Crippen LogP contribution >= 0.6 is 11.6 Å². The molecule has 0 unspecified atom stereocenters. The van der Waals surface area contributed by atoms with Gasteiger partial charge in [-0.15, -0.1) is 0 Å². The maximum absolute atomic E-state index is 11.5. The fourth-order valence-corrected chi connectivity index (χ4v) is 3.44. The van der Waals surface area contributed by atoms with Crippen LogP contribution in [0.2, 0.25) is 5.02 Å². The third-order valence-electron chi connectivity index (χ3n) is 3.50. The van der Waals surface area contributed by atoms with Gasteiger partial charge in [-0.05, 0) is 24.6 Å². The number of benzene rings is 1. The van der Waals surface area contributed by atoms with E-state index in [1.54, 1.807) is 13.0 Å². The van der Waals surface area contributed by atoms with Crippen molar-refractivity contribution in [3.8, 4) is 0 Å². The Hall–Kier alpha value is -0.820. The molecule has 1 heterocycles. The topological polar surface area (TPSA) is 60.9 Å². The van der Waals surface area contributed by atoms with Gasteiger partial charge in [-0.3, -0.25) is 0 Å². The second-order valence-electron chi connectivity index (χ2n) is 5.04. The van der Waals surface area contributed by atoms with E-state index in [0.29, 0.717) is 31.2 Å². The summed E-state index contributed by atoms with van der Waals surface area (Å²) in [7, 11) is -3.12. The number of anilines is 1. The van der Waals surface area contributed by atoms with Gasteiger partial charge in [-0.1, -0.05) is 17.7 Å². The van der Waals surface area contributed by atoms with Crippen molar-refractivity contribution in [1.29, 1.82) is 0 Å². The van der Waals surface area contributed by atoms with Crippen LogP contribution in [-0.2, 0) is 10.0 Å². The first-order valence-electron chi connectivity index (χ1n) is 6.46. The first kappa shape index (κ1) is 15.6. The zero-order valence-corrected chi connectivity index (χ0v) is 13.2. The molecule has 0 saturated carbocycles. The lowest BCUT2D eigenvalue weighted by atomic mass is 10.1. The SMILES string of the molecule is C[C@@H](O)c1ccc(N2CCN(S(C)(=O)=O)CC2)c(Cl)c1. The van der Waals surface area contributed by atoms with Crippen molar-refractivity contribution in [2.45, 2.75) is 13.0 Å². The number of hydrogen-bond donors (Lipinski definition) is 1. The van der Waals surface area contributed by atoms with Gasteiger partial charge in [0.2, 0.25) is 10.0 Å². The van der Waals surface area contributed by atoms with Crippen molar-refractivity contribution in [2.75, 3.05) is 37.3 Å². The summed E-state index contributed by atoms with van der Waals surface area (Å²) in [5.74, 6) is 0. The lowest BCUT2D eigenvalue weighted by molar-refractivity contribution is 0.199. The summed E-state index contributed by atoms with van der Waals surface area (Å²) in [5, 5.41) is 10.1. The predicted molar refractivity (Wildman–Crippen MR) is 80.7 cm³/mol. The van der Waals surface area contributed by atoms with Crippen LogP contribution in [0.3, 0.4) is 0 Å². The minimum absolute atomic E-state index is 0.466. The van der Waals surface area contributed by atoms with Crippen LogP contribution in [-0.4, -0.2) is 50.3 Å². The van der Waals surface area contributed by atoms with Crippen molar-refractivity contribution in [1.82, 2.24) is 4.31 Å². The summed E-state index contributed by atoms with van der Waals surface area (Å²) in [5.41, 5.74) is 1.65. The highest BCUT2D eigenvalue weighted by atomic mass is 35.5. The Bertz CT molecular complexity index is 581. The van der Waals surface area contributed by atoms with E-state index in [9.17, 15) is 13.5 Å². The molecule has 1 aliphatic rings. The second-order valence-corrected chi connectivity index (χ2v) is 7.43. The van der Waals surface area contributed by atoms with Crippen molar-refractivity contribution >= 4 is 27.3 Å². The Balaban J connectivity index is 2.11. The molecule has 7 heteroatoms. The molecule has 1 fully saturated rings. The number of halogens is 1. The van der Waals surface area contributed by atoms with Gasteiger partial charge in [-0.25, -0.2) is 8.42 Å². The Morgan fingerprint density at radius 2 is 1.85 bits per heavy atom. The molecular formula is C13H19ClN2O3S. The summed E-state index contributed by atoms with van der Waals surface area (Å²) < 4.78 is 24.4. The predicted octanol–water partition coefficient (Wildman–Crippen LogP) is 1.47. The maximum Gasteiger partial charge on any atom is 0.211 e. The molecule has 1 aliphatic heterocycles. The monoisotopic (exact) mass is 318 g/mol. The number of sulfonamides is 1. The van der Waals surface area contributed by atoms with Gasteiger partial charge >= 0.3 is 0 Å². The largest absolute Gasteiger partial charge is 0.389 e. The van der Waals surface area contributed by atoms with Crippen molar-refractivity contribution in [3.05, 3.63) is 28.8 Å². The van der Waals surface area contributed by atoms with Gasteiger partial charge in [0.15, 0.2) is 0 Å². The smallest absolute Gasteiger partial charge is 0.211 e. The van der Waals surface area contributed by atoms with Gasteiger partial charge in [0, 0.05) is 26.2 Å². The first-order valence-corrected chi connectivity index (χ1v) is 8.69. The van der Waals surface area contributed by atoms with Crippen LogP contribution in [0.15, 0.2) is 18.2 Å². The molecule has 0 bridgehead atoms. The standard InChI is InChI=1S/C13H19ClN2O3S/c1-10(17)11-3-4-13(12(14)9-11)15-5-7-16(8-6-15)20(2,18)19/h3-4,9-10,17H,5-8H2,1-2H3/t10-/m1/s1. The molecule has 1 atom stereocenters. The lowest BCUT2D eigenvalue weighted by Gasteiger charge is -2.35. The minimum Gasteiger partial charge on any atom is -0.389 e. The molecule has 0 amide bonds. The Labute approximate surface area is 124 Å². The molecule has 1 aromatic carbocycles. The number of nitrogens with zero attached hydrogens (tertiary/aromatic N) is 2. The van der Waals surface area contributed by atoms with Crippen molar-refractivity contribution < 1.29 is 13.5 Å². The zero-order valence-electron chi connectivity index (χ0n) is 11.6. The molecule has 0 spiro atoms. The number of aliphatic hydroxyl groups is 1. The quantitative estimate of drug-likeness (QED) is 0.917. The molecule has 112 valence electrons. The van der Waals surface area contributed by atoms with Crippen LogP contribution < -0.4 is 4.90 Å². The fourth-order valence-electron chi connectivity index (χ4n) is 2.30. The highest BCUT2D eigenvalue weighted by molar-refractivity contribution is 7.88. The molecule has 0 aromatic heterocycles. The van der Waals surface area contributed by atoms with Gasteiger partial charge in [-0.2, -0.15) is 4.31 Å². The van der Waals surface area contributed by atoms with E-state index in [4.69, 9.17) is 11.6 Å². The van der Waals surface area contributed by atoms with E-state index in [2.05, 4.69) is 4.90 Å². The summed E-state index contributed by atoms with van der Waals surface area (Å²) in [6.07, 6.45) is 0.677. The van der Waals surface area contributed by atoms with E-state index < -0.39 is 16.1 Å². The molecule has 20 heavy (non-hydrogen) atoms. The van der Waals surface area contributed by atoms with E-state index in [1.165, 1.54) is 10.6 Å². The van der Waals surface area contributed by atoms with Gasteiger partial charge < -0.3 is 10.0 Å². The third-order valence-corrected chi connectivity index (χ3v) is 5.11. The minimum atomic E-state index is -3.12. The summed E-state index contributed by atoms with van der Waals surface area (Å²) in [4.78, 5) is 2.07. The average molecular weight is 319 g/mol. The molecular weight excluding hydrogens is 300 g/mol. The van der Waals surface area contributed by atoms with Gasteiger partial charge in [0.05, 0.1) is 23.1 Å². The lowest BCUT2D eigenvalue weighted by Crippen LogP contribution is -2.48. The third kappa shape index (κ3) is 3.44. The van der Waals surface area contributed by atoms with Gasteiger partial charge in [0.1, 0.15) is 0 Å². The Morgan fingerprint density at radius 1 is 1.25 bits per heavy atom. The zero-order chi connectivity index (χ0) is 14.9. The van der Waals surface area contributed by atoms with Crippen molar-refractivity contribution in [3.63, 3.8) is 0 Å². The molecule has 0 radical (unpaired) electrons. The molecule has 0 aliphatic carbocycles. The van der Waals surface area contributed by atoms with Crippen LogP contribution in [0.1, 0.15) is 18.6 Å². The molecule has 1 saturated heterocycles. The number of rotatable bonds is 3. The molecule has 1 N–H and O–H groups in total. The van der Waals surface area contributed by atoms with Gasteiger partial charge in [0.25, 0.3) is 0 Å². The summed E-state index contributed by atoms with van der Waals surface area (Å²) in [6, 6.07) is 5.47. The Morgan fingerprint density at radius 3 is 2.30 bits per heavy atom. The van der Waals surface area contributed by atoms with Crippen LogP contribution in [0, 0.1) is 0 Å². The average Bonchev–Trinajstić information content (AvgIpc) is 2.37. The van der Waals surface area contributed by atoms with Crippen molar-refractivity contribution in [2.24, 2.45) is 0 Å². The van der Waals surface area contributed by atoms with E-state index in [1.807, 2.05) is 12.1 Å². The summed E-state index contributed by atoms with van der Waals surface area (Å²) in [6.45, 7) is 3.85. The molecule has 2 rings (SSSR count). The van der Waals surface area contributed by atoms with Crippen LogP contribution in [0.4, 0.5) is 5.69 Å². The first-order chi connectivity index (χ1) is 9.29. The Kier molecular flexibility index (Phi) is 4.59.